The van der Waals surface area contributed by atoms with Crippen molar-refractivity contribution < 1.29 is 4.79 Å². The number of nitrogens with zero attached hydrogens (tertiary/aromatic N) is 2. The van der Waals surface area contributed by atoms with E-state index in [9.17, 15) is 4.79 Å². The number of rotatable bonds is 7. The molecule has 1 aliphatic heterocycles. The zero-order valence-corrected chi connectivity index (χ0v) is 14.8. The number of pyridine rings is 1. The smallest absolute Gasteiger partial charge is 0.234 e. The van der Waals surface area contributed by atoms with E-state index in [0.717, 1.165) is 31.9 Å². The highest BCUT2D eigenvalue weighted by Gasteiger charge is 2.23. The number of hydrogen-bond donors (Lipinski definition) is 2. The summed E-state index contributed by atoms with van der Waals surface area (Å²) in [7, 11) is 0. The van der Waals surface area contributed by atoms with Crippen molar-refractivity contribution in [2.45, 2.75) is 19.9 Å². The summed E-state index contributed by atoms with van der Waals surface area (Å²) in [4.78, 5) is 21.1. The van der Waals surface area contributed by atoms with Gasteiger partial charge in [0.05, 0.1) is 13.1 Å². The fraction of sp³-hybridized carbons (Fsp3) is 0.444. The average molecular weight is 344 g/mol. The Labute approximate surface area is 147 Å². The molecule has 0 aromatic carbocycles. The van der Waals surface area contributed by atoms with Gasteiger partial charge in [0.25, 0.3) is 0 Å². The van der Waals surface area contributed by atoms with Gasteiger partial charge in [-0.25, -0.2) is 4.98 Å². The van der Waals surface area contributed by atoms with E-state index >= 15 is 0 Å². The number of amides is 1. The molecule has 6 heteroatoms. The Morgan fingerprint density at radius 3 is 3.04 bits per heavy atom. The molecule has 24 heavy (non-hydrogen) atoms. The molecule has 0 bridgehead atoms. The van der Waals surface area contributed by atoms with Gasteiger partial charge in [-0.3, -0.25) is 9.69 Å². The lowest BCUT2D eigenvalue weighted by Crippen LogP contribution is -2.36. The van der Waals surface area contributed by atoms with Crippen LogP contribution in [0.25, 0.3) is 0 Å². The van der Waals surface area contributed by atoms with Gasteiger partial charge < -0.3 is 10.6 Å². The first-order valence-corrected chi connectivity index (χ1v) is 9.20. The van der Waals surface area contributed by atoms with E-state index in [-0.39, 0.29) is 5.91 Å². The molecule has 3 heterocycles. The molecule has 0 spiro atoms. The van der Waals surface area contributed by atoms with Crippen LogP contribution in [0.2, 0.25) is 0 Å². The van der Waals surface area contributed by atoms with Crippen molar-refractivity contribution in [1.82, 2.24) is 15.2 Å². The molecule has 1 fully saturated rings. The SMILES string of the molecule is Cc1ccc(CNC(=O)CN2CC[C@H](CNc3ccccn3)C2)s1. The molecule has 1 aliphatic rings. The largest absolute Gasteiger partial charge is 0.370 e. The topological polar surface area (TPSA) is 57.3 Å². The number of anilines is 1. The van der Waals surface area contributed by atoms with Gasteiger partial charge in [-0.2, -0.15) is 0 Å². The number of thiophene rings is 1. The Morgan fingerprint density at radius 2 is 2.29 bits per heavy atom. The lowest BCUT2D eigenvalue weighted by molar-refractivity contribution is -0.122. The van der Waals surface area contributed by atoms with Crippen molar-refractivity contribution >= 4 is 23.1 Å². The molecule has 2 N–H and O–H groups in total. The number of aryl methyl sites for hydroxylation is 1. The first kappa shape index (κ1) is 16.9. The highest BCUT2D eigenvalue weighted by Crippen LogP contribution is 2.17. The second-order valence-electron chi connectivity index (χ2n) is 6.27. The number of hydrogen-bond acceptors (Lipinski definition) is 5. The lowest BCUT2D eigenvalue weighted by atomic mass is 10.1. The Kier molecular flexibility index (Phi) is 5.82. The normalized spacial score (nSPS) is 17.8. The summed E-state index contributed by atoms with van der Waals surface area (Å²) in [5.41, 5.74) is 0. The maximum absolute atomic E-state index is 12.1. The van der Waals surface area contributed by atoms with Crippen LogP contribution in [0.5, 0.6) is 0 Å². The molecule has 1 amide bonds. The third kappa shape index (κ3) is 5.04. The minimum absolute atomic E-state index is 0.111. The molecule has 3 rings (SSSR count). The van der Waals surface area contributed by atoms with Crippen LogP contribution in [0.4, 0.5) is 5.82 Å². The minimum atomic E-state index is 0.111. The number of carbonyl (C=O) groups is 1. The van der Waals surface area contributed by atoms with Gasteiger partial charge in [0.2, 0.25) is 5.91 Å². The summed E-state index contributed by atoms with van der Waals surface area (Å²) in [6.45, 7) is 6.06. The number of nitrogens with one attached hydrogen (secondary N) is 2. The molecule has 1 saturated heterocycles. The molecule has 128 valence electrons. The van der Waals surface area contributed by atoms with E-state index in [4.69, 9.17) is 0 Å². The van der Waals surface area contributed by atoms with Crippen LogP contribution in [-0.2, 0) is 11.3 Å². The van der Waals surface area contributed by atoms with E-state index in [1.54, 1.807) is 17.5 Å². The van der Waals surface area contributed by atoms with Gasteiger partial charge in [-0.05, 0) is 50.1 Å². The number of likely N-dealkylation sites (tertiary alicyclic amines) is 1. The van der Waals surface area contributed by atoms with Crippen LogP contribution in [0.15, 0.2) is 36.5 Å². The predicted octanol–water partition coefficient (Wildman–Crippen LogP) is 2.50. The van der Waals surface area contributed by atoms with Crippen LogP contribution >= 0.6 is 11.3 Å². The molecule has 2 aromatic heterocycles. The monoisotopic (exact) mass is 344 g/mol. The van der Waals surface area contributed by atoms with Gasteiger partial charge in [0.15, 0.2) is 0 Å². The zero-order valence-electron chi connectivity index (χ0n) is 14.0. The van der Waals surface area contributed by atoms with Gasteiger partial charge in [-0.1, -0.05) is 6.07 Å². The first-order chi connectivity index (χ1) is 11.7. The summed E-state index contributed by atoms with van der Waals surface area (Å²) in [5.74, 6) is 1.60. The first-order valence-electron chi connectivity index (χ1n) is 8.38. The highest BCUT2D eigenvalue weighted by molar-refractivity contribution is 7.11. The molecule has 2 aromatic rings. The second kappa shape index (κ2) is 8.26. The van der Waals surface area contributed by atoms with E-state index in [1.807, 2.05) is 18.2 Å². The van der Waals surface area contributed by atoms with Crippen molar-refractivity contribution in [3.8, 4) is 0 Å². The van der Waals surface area contributed by atoms with E-state index in [0.29, 0.717) is 19.0 Å². The zero-order chi connectivity index (χ0) is 16.8. The molecular formula is C18H24N4OS. The third-order valence-corrected chi connectivity index (χ3v) is 5.23. The molecule has 0 saturated carbocycles. The Bertz CT molecular complexity index is 658. The molecule has 0 aliphatic carbocycles. The van der Waals surface area contributed by atoms with E-state index in [2.05, 4.69) is 39.6 Å². The van der Waals surface area contributed by atoms with E-state index in [1.165, 1.54) is 9.75 Å². The highest BCUT2D eigenvalue weighted by atomic mass is 32.1. The predicted molar refractivity (Wildman–Crippen MR) is 98.2 cm³/mol. The summed E-state index contributed by atoms with van der Waals surface area (Å²) in [6, 6.07) is 10.0. The van der Waals surface area contributed by atoms with Crippen molar-refractivity contribution in [2.75, 3.05) is 31.5 Å². The standard InChI is InChI=1S/C18H24N4OS/c1-14-5-6-16(24-14)11-21-18(23)13-22-9-7-15(12-22)10-20-17-4-2-3-8-19-17/h2-6,8,15H,7,9-13H2,1H3,(H,19,20)(H,21,23)/t15-/m1/s1. The average Bonchev–Trinajstić information content (AvgIpc) is 3.21. The van der Waals surface area contributed by atoms with Crippen LogP contribution in [0.3, 0.4) is 0 Å². The maximum Gasteiger partial charge on any atom is 0.234 e. The molecule has 1 atom stereocenters. The van der Waals surface area contributed by atoms with Crippen molar-refractivity contribution in [3.63, 3.8) is 0 Å². The molecule has 0 unspecified atom stereocenters. The second-order valence-corrected chi connectivity index (χ2v) is 7.65. The van der Waals surface area contributed by atoms with E-state index < -0.39 is 0 Å². The Morgan fingerprint density at radius 1 is 1.38 bits per heavy atom. The number of carbonyl (C=O) groups excluding carboxylic acids is 1. The molecule has 5 nitrogen and oxygen atoms in total. The van der Waals surface area contributed by atoms with Gasteiger partial charge >= 0.3 is 0 Å². The summed E-state index contributed by atoms with van der Waals surface area (Å²) in [6.07, 6.45) is 2.92. The third-order valence-electron chi connectivity index (χ3n) is 4.23. The fourth-order valence-electron chi connectivity index (χ4n) is 2.96. The van der Waals surface area contributed by atoms with Crippen LogP contribution in [0, 0.1) is 12.8 Å². The van der Waals surface area contributed by atoms with Crippen LogP contribution in [-0.4, -0.2) is 42.0 Å². The lowest BCUT2D eigenvalue weighted by Gasteiger charge is -2.16. The van der Waals surface area contributed by atoms with Gasteiger partial charge in [0.1, 0.15) is 5.82 Å². The van der Waals surface area contributed by atoms with Crippen molar-refractivity contribution in [3.05, 3.63) is 46.3 Å². The summed E-state index contributed by atoms with van der Waals surface area (Å²) in [5, 5.41) is 6.39. The Balaban J connectivity index is 1.35. The number of aromatic nitrogens is 1. The van der Waals surface area contributed by atoms with Crippen molar-refractivity contribution in [2.24, 2.45) is 5.92 Å². The quantitative estimate of drug-likeness (QED) is 0.810. The molecular weight excluding hydrogens is 320 g/mol. The minimum Gasteiger partial charge on any atom is -0.370 e. The van der Waals surface area contributed by atoms with Crippen LogP contribution < -0.4 is 10.6 Å². The van der Waals surface area contributed by atoms with Crippen molar-refractivity contribution in [1.29, 1.82) is 0 Å². The van der Waals surface area contributed by atoms with Gasteiger partial charge in [-0.15, -0.1) is 11.3 Å². The Hall–Kier alpha value is -1.92. The summed E-state index contributed by atoms with van der Waals surface area (Å²) >= 11 is 1.73. The molecule has 0 radical (unpaired) electrons. The maximum atomic E-state index is 12.1. The van der Waals surface area contributed by atoms with Crippen LogP contribution in [0.1, 0.15) is 16.2 Å². The fourth-order valence-corrected chi connectivity index (χ4v) is 3.79. The summed E-state index contributed by atoms with van der Waals surface area (Å²) < 4.78 is 0. The van der Waals surface area contributed by atoms with Gasteiger partial charge in [0, 0.05) is 29.0 Å².